The molecule has 0 spiro atoms. The van der Waals surface area contributed by atoms with Gasteiger partial charge in [0.15, 0.2) is 0 Å². The van der Waals surface area contributed by atoms with E-state index in [1.807, 2.05) is 0 Å². The molecule has 0 bridgehead atoms. The fourth-order valence-corrected chi connectivity index (χ4v) is 7.45. The van der Waals surface area contributed by atoms with E-state index >= 15 is 0 Å². The van der Waals surface area contributed by atoms with Gasteiger partial charge in [0.05, 0.1) is 0 Å². The summed E-state index contributed by atoms with van der Waals surface area (Å²) in [5, 5.41) is 0. The van der Waals surface area contributed by atoms with Crippen molar-refractivity contribution in [3.8, 4) is 0 Å². The van der Waals surface area contributed by atoms with Crippen molar-refractivity contribution >= 4 is 49.2 Å². The van der Waals surface area contributed by atoms with Gasteiger partial charge in [-0.15, -0.1) is 0 Å². The van der Waals surface area contributed by atoms with Crippen LogP contribution in [0.4, 0.5) is 0 Å². The van der Waals surface area contributed by atoms with Crippen LogP contribution in [-0.4, -0.2) is 6.16 Å². The zero-order chi connectivity index (χ0) is 7.15. The van der Waals surface area contributed by atoms with E-state index in [0.717, 1.165) is 0 Å². The monoisotopic (exact) mass is 336 g/mol. The Bertz CT molecular complexity index is 165. The van der Waals surface area contributed by atoms with Crippen LogP contribution >= 0.6 is 49.2 Å². The Hall–Kier alpha value is 1.61. The van der Waals surface area contributed by atoms with Crippen molar-refractivity contribution in [1.82, 2.24) is 0 Å². The van der Waals surface area contributed by atoms with E-state index in [1.165, 1.54) is 18.2 Å². The minimum atomic E-state index is -1.78. The molecule has 0 fully saturated rings. The van der Waals surface area contributed by atoms with Crippen LogP contribution in [0.3, 0.4) is 0 Å². The van der Waals surface area contributed by atoms with Crippen LogP contribution in [-0.2, 0) is 0 Å². The molecule has 4 heteroatoms. The first-order chi connectivity index (χ1) is 3.87. The second-order valence-electron chi connectivity index (χ2n) is 2.47. The maximum absolute atomic E-state index is 3.67. The van der Waals surface area contributed by atoms with E-state index in [1.54, 1.807) is 0 Å². The third-order valence-electron chi connectivity index (χ3n) is 1.35. The summed E-state index contributed by atoms with van der Waals surface area (Å²) in [6, 6.07) is 0. The van der Waals surface area contributed by atoms with Crippen molar-refractivity contribution in [3.63, 3.8) is 0 Å². The summed E-state index contributed by atoms with van der Waals surface area (Å²) in [7, 11) is 0. The number of rotatable bonds is 0. The molecule has 0 saturated carbocycles. The minimum absolute atomic E-state index is 1.19. The van der Waals surface area contributed by atoms with Crippen LogP contribution in [0.1, 0.15) is 13.3 Å². The zero-order valence-corrected chi connectivity index (χ0v) is 10.7. The van der Waals surface area contributed by atoms with Gasteiger partial charge in [-0.1, -0.05) is 0 Å². The Morgan fingerprint density at radius 3 is 2.11 bits per heavy atom. The van der Waals surface area contributed by atoms with Gasteiger partial charge in [-0.05, 0) is 0 Å². The molecule has 0 aromatic rings. The summed E-state index contributed by atoms with van der Waals surface area (Å²) in [5.74, 6) is 2.28. The molecule has 0 aliphatic carbocycles. The molecule has 0 saturated heterocycles. The number of hydrogen-bond acceptors (Lipinski definition) is 0. The Morgan fingerprint density at radius 2 is 2.00 bits per heavy atom. The van der Waals surface area contributed by atoms with Crippen molar-refractivity contribution in [2.45, 2.75) is 13.3 Å². The first-order valence-electron chi connectivity index (χ1n) is 2.72. The molecule has 54 valence electrons. The summed E-state index contributed by atoms with van der Waals surface area (Å²) in [4.78, 5) is 0. The summed E-state index contributed by atoms with van der Waals surface area (Å²) in [6.45, 7) is 2.16. The van der Waals surface area contributed by atoms with Gasteiger partial charge in [0, 0.05) is 0 Å². The Kier molecular flexibility index (Phi) is 2.22. The second kappa shape index (κ2) is 2.30. The van der Waals surface area contributed by atoms with Crippen molar-refractivity contribution in [3.05, 3.63) is 11.4 Å². The Labute approximate surface area is 79.6 Å². The summed E-state index contributed by atoms with van der Waals surface area (Å²) in [5.41, 5.74) is 1.47. The molecule has 1 heterocycles. The SMILES string of the molecule is CC1=CP(Br)(Br)(Br)CC1. The third kappa shape index (κ3) is 2.61. The van der Waals surface area contributed by atoms with E-state index in [0.29, 0.717) is 0 Å². The van der Waals surface area contributed by atoms with Gasteiger partial charge in [-0.25, -0.2) is 0 Å². The molecule has 0 unspecified atom stereocenters. The summed E-state index contributed by atoms with van der Waals surface area (Å²) >= 11 is 11.0. The number of allylic oxidation sites excluding steroid dienone is 1. The predicted octanol–water partition coefficient (Wildman–Crippen LogP) is 4.78. The van der Waals surface area contributed by atoms with Gasteiger partial charge in [-0.2, -0.15) is 0 Å². The topological polar surface area (TPSA) is 0 Å². The van der Waals surface area contributed by atoms with Crippen LogP contribution < -0.4 is 0 Å². The first-order valence-corrected chi connectivity index (χ1v) is 11.3. The third-order valence-corrected chi connectivity index (χ3v) is 8.29. The van der Waals surface area contributed by atoms with Gasteiger partial charge in [-0.3, -0.25) is 0 Å². The van der Waals surface area contributed by atoms with Crippen LogP contribution in [0.25, 0.3) is 0 Å². The average molecular weight is 339 g/mol. The Morgan fingerprint density at radius 1 is 1.44 bits per heavy atom. The average Bonchev–Trinajstić information content (AvgIpc) is 1.78. The molecule has 1 aliphatic rings. The van der Waals surface area contributed by atoms with Crippen LogP contribution in [0, 0.1) is 0 Å². The summed E-state index contributed by atoms with van der Waals surface area (Å²) in [6.07, 6.45) is 2.40. The molecule has 0 aromatic carbocycles. The maximum atomic E-state index is 3.67. The second-order valence-corrected chi connectivity index (χ2v) is 28.4. The van der Waals surface area contributed by atoms with E-state index in [-0.39, 0.29) is 0 Å². The normalized spacial score (nSPS) is 34.7. The zero-order valence-electron chi connectivity index (χ0n) is 5.07. The number of hydrogen-bond donors (Lipinski definition) is 0. The molecular weight excluding hydrogens is 331 g/mol. The summed E-state index contributed by atoms with van der Waals surface area (Å²) < 4.78 is -1.78. The van der Waals surface area contributed by atoms with Crippen LogP contribution in [0.2, 0.25) is 0 Å². The van der Waals surface area contributed by atoms with Crippen molar-refractivity contribution in [2.24, 2.45) is 0 Å². The molecule has 0 radical (unpaired) electrons. The van der Waals surface area contributed by atoms with Crippen molar-refractivity contribution in [2.75, 3.05) is 6.16 Å². The number of halogens is 3. The van der Waals surface area contributed by atoms with Gasteiger partial charge in [0.2, 0.25) is 0 Å². The standard InChI is InChI=1S/C5H8Br3P/c1-5-2-3-9(6,7,8)4-5/h4H,2-3H2,1H3. The molecule has 0 N–H and O–H groups in total. The fraction of sp³-hybridized carbons (Fsp3) is 0.600. The van der Waals surface area contributed by atoms with Crippen molar-refractivity contribution < 1.29 is 0 Å². The van der Waals surface area contributed by atoms with Crippen LogP contribution in [0.5, 0.6) is 0 Å². The molecule has 1 rings (SSSR count). The Balaban J connectivity index is 2.90. The van der Waals surface area contributed by atoms with Gasteiger partial charge in [0.25, 0.3) is 0 Å². The van der Waals surface area contributed by atoms with E-state index in [2.05, 4.69) is 59.2 Å². The molecule has 1 aliphatic heterocycles. The quantitative estimate of drug-likeness (QED) is 0.558. The van der Waals surface area contributed by atoms with E-state index < -0.39 is 2.71 Å². The van der Waals surface area contributed by atoms with Gasteiger partial charge in [0.1, 0.15) is 0 Å². The van der Waals surface area contributed by atoms with E-state index in [4.69, 9.17) is 0 Å². The molecule has 9 heavy (non-hydrogen) atoms. The van der Waals surface area contributed by atoms with E-state index in [9.17, 15) is 0 Å². The fourth-order valence-electron chi connectivity index (χ4n) is 0.903. The van der Waals surface area contributed by atoms with Crippen LogP contribution in [0.15, 0.2) is 11.4 Å². The molecular formula is C5H8Br3P. The first kappa shape index (κ1) is 8.70. The molecule has 0 atom stereocenters. The molecule has 0 amide bonds. The van der Waals surface area contributed by atoms with Crippen molar-refractivity contribution in [1.29, 1.82) is 0 Å². The van der Waals surface area contributed by atoms with Gasteiger partial charge < -0.3 is 0 Å². The van der Waals surface area contributed by atoms with Gasteiger partial charge >= 0.3 is 80.1 Å². The molecule has 0 nitrogen and oxygen atoms in total. The molecule has 0 aromatic heterocycles. The predicted molar refractivity (Wildman–Crippen MR) is 56.9 cm³/mol.